The van der Waals surface area contributed by atoms with Crippen LogP contribution in [0, 0.1) is 5.41 Å². The third-order valence-electron chi connectivity index (χ3n) is 2.63. The fourth-order valence-corrected chi connectivity index (χ4v) is 3.39. The number of ether oxygens (including phenoxy) is 1. The molecule has 1 saturated heterocycles. The zero-order chi connectivity index (χ0) is 13.3. The normalized spacial score (nSPS) is 31.5. The summed E-state index contributed by atoms with van der Waals surface area (Å²) in [7, 11) is -3.26. The quantitative estimate of drug-likeness (QED) is 0.721. The first-order chi connectivity index (χ1) is 7.52. The van der Waals surface area contributed by atoms with Crippen LogP contribution in [-0.4, -0.2) is 31.4 Å². The van der Waals surface area contributed by atoms with Crippen molar-refractivity contribution in [2.45, 2.75) is 39.5 Å². The summed E-state index contributed by atoms with van der Waals surface area (Å²) >= 11 is 0. The van der Waals surface area contributed by atoms with E-state index in [-0.39, 0.29) is 24.0 Å². The fraction of sp³-hybridized carbons (Fsp3) is 1.00. The summed E-state index contributed by atoms with van der Waals surface area (Å²) in [6.45, 7) is 4.47. The van der Waals surface area contributed by atoms with E-state index in [1.54, 1.807) is 0 Å². The smallest absolute Gasteiger partial charge is 0.368 e. The van der Waals surface area contributed by atoms with Gasteiger partial charge in [0, 0.05) is 6.16 Å². The summed E-state index contributed by atoms with van der Waals surface area (Å²) in [5, 5.41) is 0. The average molecular weight is 274 g/mol. The van der Waals surface area contributed by atoms with E-state index in [2.05, 4.69) is 4.52 Å². The Morgan fingerprint density at radius 1 is 1.35 bits per heavy atom. The molecule has 0 N–H and O–H groups in total. The molecule has 2 atom stereocenters. The molecule has 0 aromatic heterocycles. The molecule has 7 heteroatoms. The zero-order valence-electron chi connectivity index (χ0n) is 10.2. The maximum absolute atomic E-state index is 12.0. The Morgan fingerprint density at radius 2 is 1.94 bits per heavy atom. The summed E-state index contributed by atoms with van der Waals surface area (Å²) in [4.78, 5) is 0. The third kappa shape index (κ3) is 4.98. The Labute approximate surface area is 99.1 Å². The monoisotopic (exact) mass is 274 g/mol. The van der Waals surface area contributed by atoms with Crippen LogP contribution in [0.25, 0.3) is 0 Å². The van der Waals surface area contributed by atoms with Crippen molar-refractivity contribution in [1.29, 1.82) is 0 Å². The van der Waals surface area contributed by atoms with E-state index >= 15 is 0 Å². The second kappa shape index (κ2) is 4.90. The van der Waals surface area contributed by atoms with Crippen molar-refractivity contribution in [3.05, 3.63) is 0 Å². The first kappa shape index (κ1) is 15.0. The minimum Gasteiger partial charge on any atom is -0.368 e. The van der Waals surface area contributed by atoms with Gasteiger partial charge in [0.25, 0.3) is 0 Å². The highest BCUT2D eigenvalue weighted by atomic mass is 31.2. The summed E-state index contributed by atoms with van der Waals surface area (Å²) in [6, 6.07) is 0. The molecule has 102 valence electrons. The van der Waals surface area contributed by atoms with Gasteiger partial charge in [0.05, 0.1) is 6.10 Å². The van der Waals surface area contributed by atoms with Gasteiger partial charge < -0.3 is 9.26 Å². The molecular formula is C10H18F3O3P. The van der Waals surface area contributed by atoms with Gasteiger partial charge in [-0.1, -0.05) is 20.8 Å². The van der Waals surface area contributed by atoms with Gasteiger partial charge in [-0.25, -0.2) is 0 Å². The van der Waals surface area contributed by atoms with Gasteiger partial charge >= 0.3 is 6.18 Å². The molecule has 0 amide bonds. The van der Waals surface area contributed by atoms with Gasteiger partial charge in [-0.3, -0.25) is 4.57 Å². The molecule has 3 nitrogen and oxygen atoms in total. The van der Waals surface area contributed by atoms with E-state index in [0.29, 0.717) is 6.42 Å². The van der Waals surface area contributed by atoms with Crippen LogP contribution in [0.15, 0.2) is 0 Å². The molecule has 1 rings (SSSR count). The number of hydrogen-bond donors (Lipinski definition) is 0. The first-order valence-corrected chi connectivity index (χ1v) is 7.42. The van der Waals surface area contributed by atoms with Crippen LogP contribution in [0.1, 0.15) is 27.2 Å². The van der Waals surface area contributed by atoms with E-state index in [4.69, 9.17) is 4.74 Å². The molecule has 0 aliphatic carbocycles. The summed E-state index contributed by atoms with van der Waals surface area (Å²) in [6.07, 6.45) is -4.12. The van der Waals surface area contributed by atoms with Crippen molar-refractivity contribution in [3.8, 4) is 0 Å². The van der Waals surface area contributed by atoms with Crippen molar-refractivity contribution in [3.63, 3.8) is 0 Å². The minimum atomic E-state index is -4.45. The Balaban J connectivity index is 2.48. The Bertz CT molecular complexity index is 297. The van der Waals surface area contributed by atoms with Crippen LogP contribution in [0.3, 0.4) is 0 Å². The van der Waals surface area contributed by atoms with Crippen LogP contribution in [-0.2, 0) is 13.8 Å². The van der Waals surface area contributed by atoms with E-state index in [1.165, 1.54) is 0 Å². The van der Waals surface area contributed by atoms with Gasteiger partial charge in [-0.05, 0) is 11.8 Å². The lowest BCUT2D eigenvalue weighted by Gasteiger charge is -2.36. The average Bonchev–Trinajstić information content (AvgIpc) is 2.13. The Morgan fingerprint density at radius 3 is 2.29 bits per heavy atom. The summed E-state index contributed by atoms with van der Waals surface area (Å²) < 4.78 is 57.7. The van der Waals surface area contributed by atoms with E-state index in [1.807, 2.05) is 20.8 Å². The predicted molar refractivity (Wildman–Crippen MR) is 58.3 cm³/mol. The van der Waals surface area contributed by atoms with Crippen LogP contribution in [0.5, 0.6) is 0 Å². The van der Waals surface area contributed by atoms with Gasteiger partial charge in [0.2, 0.25) is 7.37 Å². The topological polar surface area (TPSA) is 35.5 Å². The minimum absolute atomic E-state index is 0.0842. The SMILES string of the molecule is CC(C)(C)C1CCP(=O)(OCC(F)(F)F)CO1. The molecule has 1 heterocycles. The molecule has 1 fully saturated rings. The lowest BCUT2D eigenvalue weighted by atomic mass is 9.87. The molecule has 0 aromatic rings. The van der Waals surface area contributed by atoms with Crippen molar-refractivity contribution in [1.82, 2.24) is 0 Å². The molecule has 0 spiro atoms. The number of hydrogen-bond acceptors (Lipinski definition) is 3. The molecule has 17 heavy (non-hydrogen) atoms. The van der Waals surface area contributed by atoms with Crippen LogP contribution < -0.4 is 0 Å². The number of alkyl halides is 3. The number of halogens is 3. The molecule has 2 unspecified atom stereocenters. The Kier molecular flexibility index (Phi) is 4.33. The van der Waals surface area contributed by atoms with E-state index in [0.717, 1.165) is 0 Å². The molecule has 0 saturated carbocycles. The van der Waals surface area contributed by atoms with Crippen molar-refractivity contribution in [2.75, 3.05) is 19.1 Å². The van der Waals surface area contributed by atoms with E-state index < -0.39 is 20.2 Å². The number of rotatable bonds is 2. The van der Waals surface area contributed by atoms with Crippen LogP contribution in [0.2, 0.25) is 0 Å². The highest BCUT2D eigenvalue weighted by molar-refractivity contribution is 7.58. The lowest BCUT2D eigenvalue weighted by Crippen LogP contribution is -2.34. The fourth-order valence-electron chi connectivity index (χ4n) is 1.64. The van der Waals surface area contributed by atoms with Gasteiger partial charge in [0.1, 0.15) is 13.0 Å². The maximum Gasteiger partial charge on any atom is 0.412 e. The summed E-state index contributed by atoms with van der Waals surface area (Å²) in [5.41, 5.74) is -0.102. The maximum atomic E-state index is 12.0. The molecule has 1 aliphatic rings. The van der Waals surface area contributed by atoms with Gasteiger partial charge in [0.15, 0.2) is 0 Å². The molecule has 0 aromatic carbocycles. The Hall–Kier alpha value is -0.0600. The molecular weight excluding hydrogens is 256 g/mol. The molecule has 0 bridgehead atoms. The predicted octanol–water partition coefficient (Wildman–Crippen LogP) is 3.64. The van der Waals surface area contributed by atoms with E-state index in [9.17, 15) is 17.7 Å². The second-order valence-electron chi connectivity index (χ2n) is 5.37. The highest BCUT2D eigenvalue weighted by Crippen LogP contribution is 2.53. The van der Waals surface area contributed by atoms with Crippen molar-refractivity contribution < 1.29 is 27.0 Å². The van der Waals surface area contributed by atoms with Gasteiger partial charge in [-0.15, -0.1) is 0 Å². The molecule has 0 radical (unpaired) electrons. The molecule has 1 aliphatic heterocycles. The highest BCUT2D eigenvalue weighted by Gasteiger charge is 2.39. The second-order valence-corrected chi connectivity index (χ2v) is 7.96. The largest absolute Gasteiger partial charge is 0.412 e. The third-order valence-corrected chi connectivity index (χ3v) is 4.72. The van der Waals surface area contributed by atoms with Gasteiger partial charge in [-0.2, -0.15) is 13.2 Å². The van der Waals surface area contributed by atoms with Crippen LogP contribution in [0.4, 0.5) is 13.2 Å². The van der Waals surface area contributed by atoms with Crippen LogP contribution >= 0.6 is 7.37 Å². The van der Waals surface area contributed by atoms with Crippen molar-refractivity contribution >= 4 is 7.37 Å². The van der Waals surface area contributed by atoms with Crippen molar-refractivity contribution in [2.24, 2.45) is 5.41 Å². The lowest BCUT2D eigenvalue weighted by molar-refractivity contribution is -0.154. The summed E-state index contributed by atoms with van der Waals surface area (Å²) in [5.74, 6) is 0. The zero-order valence-corrected chi connectivity index (χ0v) is 11.1. The first-order valence-electron chi connectivity index (χ1n) is 5.43. The standard InChI is InChI=1S/C10H18F3O3P/c1-9(2,3)8-4-5-17(14,7-15-8)16-6-10(11,12)13/h8H,4-7H2,1-3H3.